The van der Waals surface area contributed by atoms with Gasteiger partial charge in [0.25, 0.3) is 0 Å². The van der Waals surface area contributed by atoms with Gasteiger partial charge >= 0.3 is 0 Å². The summed E-state index contributed by atoms with van der Waals surface area (Å²) in [4.78, 5) is 3.80. The van der Waals surface area contributed by atoms with Crippen molar-refractivity contribution in [3.05, 3.63) is 30.6 Å². The van der Waals surface area contributed by atoms with Gasteiger partial charge in [-0.2, -0.15) is 10.2 Å². The number of rotatable bonds is 3. The molecule has 1 atom stereocenters. The van der Waals surface area contributed by atoms with Crippen molar-refractivity contribution in [3.63, 3.8) is 0 Å². The summed E-state index contributed by atoms with van der Waals surface area (Å²) in [6, 6.07) is 1.78. The van der Waals surface area contributed by atoms with Gasteiger partial charge in [-0.15, -0.1) is 0 Å². The van der Waals surface area contributed by atoms with Crippen LogP contribution in [0.3, 0.4) is 0 Å². The van der Waals surface area contributed by atoms with Crippen LogP contribution in [0.15, 0.2) is 24.9 Å². The predicted octanol–water partition coefficient (Wildman–Crippen LogP) is -0.255. The smallest absolute Gasteiger partial charge is 0.137 e. The summed E-state index contributed by atoms with van der Waals surface area (Å²) in [7, 11) is 1.79. The second kappa shape index (κ2) is 3.59. The molecular weight excluding hydrogens is 182 g/mol. The molecule has 0 bridgehead atoms. The molecule has 1 unspecified atom stereocenters. The summed E-state index contributed by atoms with van der Waals surface area (Å²) >= 11 is 0. The number of aliphatic hydroxyl groups is 1. The van der Waals surface area contributed by atoms with E-state index in [2.05, 4.69) is 15.2 Å². The Kier molecular flexibility index (Phi) is 2.28. The van der Waals surface area contributed by atoms with Gasteiger partial charge in [-0.1, -0.05) is 0 Å². The van der Waals surface area contributed by atoms with E-state index in [0.29, 0.717) is 6.54 Å². The van der Waals surface area contributed by atoms with Crippen LogP contribution in [0.2, 0.25) is 0 Å². The Hall–Kier alpha value is -1.69. The molecule has 14 heavy (non-hydrogen) atoms. The molecule has 0 saturated carbocycles. The van der Waals surface area contributed by atoms with E-state index in [9.17, 15) is 5.11 Å². The summed E-state index contributed by atoms with van der Waals surface area (Å²) < 4.78 is 3.22. The molecule has 0 aliphatic carbocycles. The monoisotopic (exact) mass is 193 g/mol. The standard InChI is InChI=1S/C8H11N5O/c1-12-7(2-3-10-12)8(14)4-13-6-9-5-11-13/h2-3,5-6,8,14H,4H2,1H3. The first-order valence-corrected chi connectivity index (χ1v) is 4.26. The predicted molar refractivity (Wildman–Crippen MR) is 48.2 cm³/mol. The van der Waals surface area contributed by atoms with Gasteiger partial charge in [0.2, 0.25) is 0 Å². The van der Waals surface area contributed by atoms with Crippen LogP contribution < -0.4 is 0 Å². The Morgan fingerprint density at radius 3 is 2.93 bits per heavy atom. The van der Waals surface area contributed by atoms with Crippen molar-refractivity contribution in [1.82, 2.24) is 24.5 Å². The van der Waals surface area contributed by atoms with Crippen LogP contribution in [0.25, 0.3) is 0 Å². The molecule has 1 N–H and O–H groups in total. The lowest BCUT2D eigenvalue weighted by Crippen LogP contribution is -2.12. The fraction of sp³-hybridized carbons (Fsp3) is 0.375. The number of nitrogens with zero attached hydrogens (tertiary/aromatic N) is 5. The average molecular weight is 193 g/mol. The van der Waals surface area contributed by atoms with Crippen LogP contribution in [0, 0.1) is 0 Å². The third-order valence-electron chi connectivity index (χ3n) is 2.03. The largest absolute Gasteiger partial charge is 0.385 e. The zero-order valence-electron chi connectivity index (χ0n) is 7.78. The molecule has 74 valence electrons. The van der Waals surface area contributed by atoms with Gasteiger partial charge in [-0.25, -0.2) is 9.67 Å². The normalized spacial score (nSPS) is 13.0. The fourth-order valence-corrected chi connectivity index (χ4v) is 1.31. The highest BCUT2D eigenvalue weighted by molar-refractivity contribution is 5.03. The van der Waals surface area contributed by atoms with Gasteiger partial charge in [0.05, 0.1) is 12.2 Å². The second-order valence-electron chi connectivity index (χ2n) is 3.01. The highest BCUT2D eigenvalue weighted by atomic mass is 16.3. The molecule has 6 heteroatoms. The van der Waals surface area contributed by atoms with Crippen LogP contribution in [0.4, 0.5) is 0 Å². The van der Waals surface area contributed by atoms with Crippen LogP contribution in [-0.4, -0.2) is 29.7 Å². The minimum atomic E-state index is -0.607. The van der Waals surface area contributed by atoms with E-state index in [0.717, 1.165) is 5.69 Å². The third-order valence-corrected chi connectivity index (χ3v) is 2.03. The Morgan fingerprint density at radius 2 is 2.36 bits per heavy atom. The number of hydrogen-bond donors (Lipinski definition) is 1. The summed E-state index contributed by atoms with van der Waals surface area (Å²) in [5.41, 5.74) is 0.764. The molecule has 0 radical (unpaired) electrons. The van der Waals surface area contributed by atoms with Gasteiger partial charge in [0.15, 0.2) is 0 Å². The number of hydrogen-bond acceptors (Lipinski definition) is 4. The lowest BCUT2D eigenvalue weighted by molar-refractivity contribution is 0.142. The van der Waals surface area contributed by atoms with E-state index in [-0.39, 0.29) is 0 Å². The maximum Gasteiger partial charge on any atom is 0.137 e. The van der Waals surface area contributed by atoms with Crippen molar-refractivity contribution in [1.29, 1.82) is 0 Å². The number of aryl methyl sites for hydroxylation is 1. The molecule has 0 aliphatic rings. The molecule has 2 aromatic rings. The van der Waals surface area contributed by atoms with Crippen molar-refractivity contribution in [2.75, 3.05) is 0 Å². The van der Waals surface area contributed by atoms with Crippen molar-refractivity contribution < 1.29 is 5.11 Å². The lowest BCUT2D eigenvalue weighted by atomic mass is 10.2. The summed E-state index contributed by atoms with van der Waals surface area (Å²) in [6.45, 7) is 0.388. The van der Waals surface area contributed by atoms with Crippen LogP contribution in [-0.2, 0) is 13.6 Å². The van der Waals surface area contributed by atoms with Gasteiger partial charge in [-0.3, -0.25) is 4.68 Å². The third kappa shape index (κ3) is 1.64. The van der Waals surface area contributed by atoms with Gasteiger partial charge in [0.1, 0.15) is 18.8 Å². The van der Waals surface area contributed by atoms with E-state index < -0.39 is 6.10 Å². The van der Waals surface area contributed by atoms with E-state index >= 15 is 0 Å². The Balaban J connectivity index is 2.10. The first-order chi connectivity index (χ1) is 6.77. The quantitative estimate of drug-likeness (QED) is 0.729. The highest BCUT2D eigenvalue weighted by Gasteiger charge is 2.11. The molecule has 6 nitrogen and oxygen atoms in total. The van der Waals surface area contributed by atoms with E-state index in [4.69, 9.17) is 0 Å². The average Bonchev–Trinajstić information content (AvgIpc) is 2.75. The maximum absolute atomic E-state index is 9.81. The van der Waals surface area contributed by atoms with Crippen molar-refractivity contribution in [2.45, 2.75) is 12.6 Å². The molecule has 0 aliphatic heterocycles. The van der Waals surface area contributed by atoms with Crippen LogP contribution >= 0.6 is 0 Å². The van der Waals surface area contributed by atoms with Crippen molar-refractivity contribution >= 4 is 0 Å². The van der Waals surface area contributed by atoms with Crippen molar-refractivity contribution in [2.24, 2.45) is 7.05 Å². The summed E-state index contributed by atoms with van der Waals surface area (Å²) in [5.74, 6) is 0. The Labute approximate surface area is 80.8 Å². The van der Waals surface area contributed by atoms with E-state index in [1.807, 2.05) is 0 Å². The molecule has 0 aromatic carbocycles. The minimum Gasteiger partial charge on any atom is -0.385 e. The van der Waals surface area contributed by atoms with Crippen molar-refractivity contribution in [3.8, 4) is 0 Å². The molecular formula is C8H11N5O. The van der Waals surface area contributed by atoms with E-state index in [1.165, 1.54) is 6.33 Å². The van der Waals surface area contributed by atoms with Gasteiger partial charge in [-0.05, 0) is 6.07 Å². The first-order valence-electron chi connectivity index (χ1n) is 4.26. The molecule has 2 heterocycles. The van der Waals surface area contributed by atoms with Crippen LogP contribution in [0.1, 0.15) is 11.8 Å². The SMILES string of the molecule is Cn1nccc1C(O)Cn1cncn1. The van der Waals surface area contributed by atoms with E-state index in [1.54, 1.807) is 35.0 Å². The van der Waals surface area contributed by atoms with Crippen LogP contribution in [0.5, 0.6) is 0 Å². The maximum atomic E-state index is 9.81. The zero-order valence-corrected chi connectivity index (χ0v) is 7.78. The molecule has 0 saturated heterocycles. The molecule has 2 rings (SSSR count). The van der Waals surface area contributed by atoms with Gasteiger partial charge < -0.3 is 5.11 Å². The second-order valence-corrected chi connectivity index (χ2v) is 3.01. The highest BCUT2D eigenvalue weighted by Crippen LogP contribution is 2.12. The molecule has 0 amide bonds. The Morgan fingerprint density at radius 1 is 1.50 bits per heavy atom. The number of aromatic nitrogens is 5. The number of aliphatic hydroxyl groups excluding tert-OH is 1. The zero-order chi connectivity index (χ0) is 9.97. The molecule has 2 aromatic heterocycles. The topological polar surface area (TPSA) is 68.8 Å². The first kappa shape index (κ1) is 8.89. The minimum absolute atomic E-state index is 0.388. The molecule has 0 fully saturated rings. The summed E-state index contributed by atoms with van der Waals surface area (Å²) in [5, 5.41) is 17.7. The fourth-order valence-electron chi connectivity index (χ4n) is 1.31. The summed E-state index contributed by atoms with van der Waals surface area (Å²) in [6.07, 6.45) is 4.05. The Bertz CT molecular complexity index is 394. The molecule has 0 spiro atoms. The van der Waals surface area contributed by atoms with Gasteiger partial charge in [0, 0.05) is 13.2 Å². The lowest BCUT2D eigenvalue weighted by Gasteiger charge is -2.10.